The Kier molecular flexibility index (Phi) is 2.28. The van der Waals surface area contributed by atoms with E-state index < -0.39 is 0 Å². The summed E-state index contributed by atoms with van der Waals surface area (Å²) in [7, 11) is 1.89. The van der Waals surface area contributed by atoms with Crippen molar-refractivity contribution in [2.24, 2.45) is 7.05 Å². The topological polar surface area (TPSA) is 51.4 Å². The molecule has 0 unspecified atom stereocenters. The number of hydrogen-bond acceptors (Lipinski definition) is 3. The minimum atomic E-state index is 0.645. The minimum absolute atomic E-state index is 0.645. The number of rotatable bonds is 1. The Morgan fingerprint density at radius 1 is 1.20 bits per heavy atom. The molecular formula is C14H11N5S. The number of fused-ring (bicyclic) bond motifs is 3. The average Bonchev–Trinajstić information content (AvgIpc) is 3.01. The van der Waals surface area contributed by atoms with Crippen molar-refractivity contribution in [3.63, 3.8) is 0 Å². The molecule has 0 aliphatic rings. The van der Waals surface area contributed by atoms with Crippen LogP contribution in [-0.2, 0) is 7.05 Å². The zero-order valence-corrected chi connectivity index (χ0v) is 11.6. The molecule has 3 heterocycles. The van der Waals surface area contributed by atoms with E-state index in [1.165, 1.54) is 0 Å². The lowest BCUT2D eigenvalue weighted by Gasteiger charge is -2.03. The predicted octanol–water partition coefficient (Wildman–Crippen LogP) is 2.97. The number of pyridine rings is 1. The second kappa shape index (κ2) is 4.01. The van der Waals surface area contributed by atoms with Crippen LogP contribution in [0.1, 0.15) is 0 Å². The summed E-state index contributed by atoms with van der Waals surface area (Å²) in [4.78, 5) is 7.66. The molecule has 0 radical (unpaired) electrons. The van der Waals surface area contributed by atoms with Crippen LogP contribution in [0.4, 0.5) is 0 Å². The third kappa shape index (κ3) is 1.51. The van der Waals surface area contributed by atoms with Crippen molar-refractivity contribution in [2.75, 3.05) is 0 Å². The average molecular weight is 281 g/mol. The van der Waals surface area contributed by atoms with Gasteiger partial charge in [-0.05, 0) is 18.3 Å². The maximum absolute atomic E-state index is 5.45. The number of aromatic amines is 1. The summed E-state index contributed by atoms with van der Waals surface area (Å²) in [6, 6.07) is 8.04. The van der Waals surface area contributed by atoms with Crippen LogP contribution < -0.4 is 0 Å². The molecule has 5 nitrogen and oxygen atoms in total. The molecule has 0 atom stereocenters. The van der Waals surface area contributed by atoms with Crippen LogP contribution in [0, 0.1) is 4.77 Å². The van der Waals surface area contributed by atoms with E-state index in [1.54, 1.807) is 10.9 Å². The first-order valence-corrected chi connectivity index (χ1v) is 6.62. The Morgan fingerprint density at radius 2 is 2.05 bits per heavy atom. The first-order valence-electron chi connectivity index (χ1n) is 6.21. The molecule has 0 aliphatic heterocycles. The molecule has 4 rings (SSSR count). The van der Waals surface area contributed by atoms with Crippen molar-refractivity contribution in [3.8, 4) is 5.69 Å². The van der Waals surface area contributed by atoms with Gasteiger partial charge in [0.2, 0.25) is 0 Å². The van der Waals surface area contributed by atoms with Gasteiger partial charge in [-0.1, -0.05) is 18.2 Å². The standard InChI is InChI=1S/C14H11N5S/c1-18-8-9(6-16-18)19-13-10-4-2-3-5-11(10)15-7-12(13)17-14(19)20/h2-8H,1H3,(H,17,20). The van der Waals surface area contributed by atoms with Gasteiger partial charge < -0.3 is 4.98 Å². The second-order valence-electron chi connectivity index (χ2n) is 4.68. The molecule has 98 valence electrons. The second-order valence-corrected chi connectivity index (χ2v) is 5.06. The molecule has 1 aromatic carbocycles. The maximum Gasteiger partial charge on any atom is 0.182 e. The largest absolute Gasteiger partial charge is 0.329 e. The molecule has 0 saturated heterocycles. The Morgan fingerprint density at radius 3 is 2.85 bits per heavy atom. The monoisotopic (exact) mass is 281 g/mol. The van der Waals surface area contributed by atoms with Crippen molar-refractivity contribution in [3.05, 3.63) is 47.6 Å². The van der Waals surface area contributed by atoms with Gasteiger partial charge in [0.1, 0.15) is 0 Å². The van der Waals surface area contributed by atoms with Gasteiger partial charge in [-0.2, -0.15) is 5.10 Å². The number of H-pyrrole nitrogens is 1. The SMILES string of the molecule is Cn1cc(-n2c(=S)[nH]c3cnc4ccccc4c32)cn1. The van der Waals surface area contributed by atoms with Crippen molar-refractivity contribution in [1.82, 2.24) is 24.3 Å². The molecule has 20 heavy (non-hydrogen) atoms. The fourth-order valence-electron chi connectivity index (χ4n) is 2.50. The molecule has 6 heteroatoms. The zero-order chi connectivity index (χ0) is 13.7. The Labute approximate surface area is 119 Å². The summed E-state index contributed by atoms with van der Waals surface area (Å²) < 4.78 is 4.41. The van der Waals surface area contributed by atoms with E-state index in [0.717, 1.165) is 27.6 Å². The third-order valence-electron chi connectivity index (χ3n) is 3.36. The van der Waals surface area contributed by atoms with Crippen LogP contribution in [0.25, 0.3) is 27.6 Å². The van der Waals surface area contributed by atoms with E-state index in [-0.39, 0.29) is 0 Å². The molecule has 0 fully saturated rings. The summed E-state index contributed by atoms with van der Waals surface area (Å²) in [6.45, 7) is 0. The van der Waals surface area contributed by atoms with Crippen LogP contribution in [0.2, 0.25) is 0 Å². The van der Waals surface area contributed by atoms with Crippen LogP contribution in [0.15, 0.2) is 42.9 Å². The van der Waals surface area contributed by atoms with Crippen molar-refractivity contribution in [1.29, 1.82) is 0 Å². The summed E-state index contributed by atoms with van der Waals surface area (Å²) in [5.41, 5.74) is 3.86. The highest BCUT2D eigenvalue weighted by Crippen LogP contribution is 2.25. The molecule has 1 N–H and O–H groups in total. The summed E-state index contributed by atoms with van der Waals surface area (Å²) in [5, 5.41) is 5.29. The van der Waals surface area contributed by atoms with Crippen LogP contribution in [-0.4, -0.2) is 24.3 Å². The number of aromatic nitrogens is 5. The van der Waals surface area contributed by atoms with Gasteiger partial charge in [-0.25, -0.2) is 0 Å². The zero-order valence-electron chi connectivity index (χ0n) is 10.7. The summed E-state index contributed by atoms with van der Waals surface area (Å²) >= 11 is 5.45. The Balaban J connectivity index is 2.22. The predicted molar refractivity (Wildman–Crippen MR) is 80.5 cm³/mol. The first-order chi connectivity index (χ1) is 9.74. The van der Waals surface area contributed by atoms with E-state index >= 15 is 0 Å². The number of nitrogens with one attached hydrogen (secondary N) is 1. The Hall–Kier alpha value is -2.47. The van der Waals surface area contributed by atoms with Gasteiger partial charge in [0.25, 0.3) is 0 Å². The van der Waals surface area contributed by atoms with Crippen LogP contribution in [0.3, 0.4) is 0 Å². The van der Waals surface area contributed by atoms with Gasteiger partial charge in [0.05, 0.1) is 34.6 Å². The van der Waals surface area contributed by atoms with E-state index in [2.05, 4.69) is 21.1 Å². The van der Waals surface area contributed by atoms with Crippen molar-refractivity contribution in [2.45, 2.75) is 0 Å². The van der Waals surface area contributed by atoms with Crippen LogP contribution >= 0.6 is 12.2 Å². The van der Waals surface area contributed by atoms with Gasteiger partial charge in [-0.15, -0.1) is 0 Å². The van der Waals surface area contributed by atoms with Crippen molar-refractivity contribution < 1.29 is 0 Å². The van der Waals surface area contributed by atoms with Crippen LogP contribution in [0.5, 0.6) is 0 Å². The van der Waals surface area contributed by atoms with Gasteiger partial charge in [-0.3, -0.25) is 14.2 Å². The minimum Gasteiger partial charge on any atom is -0.329 e. The summed E-state index contributed by atoms with van der Waals surface area (Å²) in [6.07, 6.45) is 5.57. The number of nitrogens with zero attached hydrogens (tertiary/aromatic N) is 4. The number of benzene rings is 1. The number of para-hydroxylation sites is 1. The third-order valence-corrected chi connectivity index (χ3v) is 3.65. The molecule has 0 aliphatic carbocycles. The number of aryl methyl sites for hydroxylation is 1. The molecule has 0 bridgehead atoms. The maximum atomic E-state index is 5.45. The van der Waals surface area contributed by atoms with Gasteiger partial charge in [0.15, 0.2) is 4.77 Å². The van der Waals surface area contributed by atoms with E-state index in [1.807, 2.05) is 42.2 Å². The molecule has 0 amide bonds. The molecule has 3 aromatic heterocycles. The number of hydrogen-bond donors (Lipinski definition) is 1. The van der Waals surface area contributed by atoms with E-state index in [4.69, 9.17) is 12.2 Å². The fourth-order valence-corrected chi connectivity index (χ4v) is 2.81. The molecule has 0 spiro atoms. The van der Waals surface area contributed by atoms with E-state index in [9.17, 15) is 0 Å². The highest BCUT2D eigenvalue weighted by atomic mass is 32.1. The summed E-state index contributed by atoms with van der Waals surface area (Å²) in [5.74, 6) is 0. The smallest absolute Gasteiger partial charge is 0.182 e. The highest BCUT2D eigenvalue weighted by molar-refractivity contribution is 7.71. The molecular weight excluding hydrogens is 270 g/mol. The van der Waals surface area contributed by atoms with Gasteiger partial charge in [0, 0.05) is 18.6 Å². The molecule has 4 aromatic rings. The Bertz CT molecular complexity index is 992. The van der Waals surface area contributed by atoms with Gasteiger partial charge >= 0.3 is 0 Å². The lowest BCUT2D eigenvalue weighted by Crippen LogP contribution is -1.93. The molecule has 0 saturated carbocycles. The van der Waals surface area contributed by atoms with Crippen molar-refractivity contribution >= 4 is 34.2 Å². The normalized spacial score (nSPS) is 11.4. The van der Waals surface area contributed by atoms with E-state index in [0.29, 0.717) is 4.77 Å². The lowest BCUT2D eigenvalue weighted by atomic mass is 10.2. The quantitative estimate of drug-likeness (QED) is 0.546. The highest BCUT2D eigenvalue weighted by Gasteiger charge is 2.11. The number of imidazole rings is 1. The lowest BCUT2D eigenvalue weighted by molar-refractivity contribution is 0.767. The first kappa shape index (κ1) is 11.4. The fraction of sp³-hybridized carbons (Fsp3) is 0.0714.